The Hall–Kier alpha value is -3.78. The summed E-state index contributed by atoms with van der Waals surface area (Å²) in [6.45, 7) is 3.97. The SMILES string of the molecule is CSc1cc(C(=O)Nc2cccc([C@@H](C)Oc3cc(-c4cnn(C)c4)cnc3N)c2)ccc1C. The van der Waals surface area contributed by atoms with Crippen LogP contribution < -0.4 is 15.8 Å². The number of thioether (sulfide) groups is 1. The molecule has 0 aliphatic carbocycles. The topological polar surface area (TPSA) is 95.1 Å². The number of nitrogen functional groups attached to an aromatic ring is 1. The molecule has 4 aromatic rings. The number of aromatic nitrogens is 3. The Morgan fingerprint density at radius 1 is 1.15 bits per heavy atom. The average Bonchev–Trinajstić information content (AvgIpc) is 3.27. The molecule has 0 saturated carbocycles. The minimum atomic E-state index is -0.312. The lowest BCUT2D eigenvalue weighted by Crippen LogP contribution is -2.13. The molecule has 0 saturated heterocycles. The molecule has 2 aromatic carbocycles. The monoisotopic (exact) mass is 473 g/mol. The van der Waals surface area contributed by atoms with E-state index in [1.807, 2.05) is 81.9 Å². The number of hydrogen-bond donors (Lipinski definition) is 2. The van der Waals surface area contributed by atoms with Crippen LogP contribution in [0.2, 0.25) is 0 Å². The number of carbonyl (C=O) groups is 1. The predicted octanol–water partition coefficient (Wildman–Crippen LogP) is 5.49. The number of amides is 1. The maximum Gasteiger partial charge on any atom is 0.255 e. The molecule has 4 rings (SSSR count). The van der Waals surface area contributed by atoms with Crippen molar-refractivity contribution in [2.45, 2.75) is 24.8 Å². The summed E-state index contributed by atoms with van der Waals surface area (Å²) in [5.41, 5.74) is 11.2. The molecule has 7 nitrogen and oxygen atoms in total. The van der Waals surface area contributed by atoms with Gasteiger partial charge in [0.2, 0.25) is 0 Å². The molecular formula is C26H27N5O2S. The first-order chi connectivity index (χ1) is 16.3. The Balaban J connectivity index is 1.50. The zero-order valence-corrected chi connectivity index (χ0v) is 20.4. The van der Waals surface area contributed by atoms with Gasteiger partial charge >= 0.3 is 0 Å². The van der Waals surface area contributed by atoms with Crippen LogP contribution in [0.15, 0.2) is 72.0 Å². The first kappa shape index (κ1) is 23.4. The maximum atomic E-state index is 12.8. The van der Waals surface area contributed by atoms with Crippen molar-refractivity contribution in [3.8, 4) is 16.9 Å². The molecule has 8 heteroatoms. The van der Waals surface area contributed by atoms with Gasteiger partial charge in [-0.1, -0.05) is 18.2 Å². The van der Waals surface area contributed by atoms with E-state index in [1.165, 1.54) is 0 Å². The second kappa shape index (κ2) is 10.0. The fourth-order valence-corrected chi connectivity index (χ4v) is 4.20. The van der Waals surface area contributed by atoms with Gasteiger partial charge in [-0.2, -0.15) is 5.10 Å². The van der Waals surface area contributed by atoms with Crippen LogP contribution in [0.25, 0.3) is 11.1 Å². The summed E-state index contributed by atoms with van der Waals surface area (Å²) >= 11 is 1.63. The molecule has 0 radical (unpaired) electrons. The first-order valence-corrected chi connectivity index (χ1v) is 12.0. The van der Waals surface area contributed by atoms with Gasteiger partial charge in [-0.05, 0) is 61.6 Å². The number of nitrogens with two attached hydrogens (primary N) is 1. The molecule has 3 N–H and O–H groups in total. The van der Waals surface area contributed by atoms with Gasteiger partial charge in [0.25, 0.3) is 5.91 Å². The van der Waals surface area contributed by atoms with Crippen LogP contribution in [0.4, 0.5) is 11.5 Å². The van der Waals surface area contributed by atoms with Gasteiger partial charge in [0.15, 0.2) is 11.6 Å². The van der Waals surface area contributed by atoms with E-state index in [2.05, 4.69) is 15.4 Å². The maximum absolute atomic E-state index is 12.8. The highest BCUT2D eigenvalue weighted by Gasteiger charge is 2.14. The predicted molar refractivity (Wildman–Crippen MR) is 137 cm³/mol. The van der Waals surface area contributed by atoms with E-state index in [0.29, 0.717) is 22.8 Å². The third-order valence-electron chi connectivity index (χ3n) is 5.51. The van der Waals surface area contributed by atoms with Crippen molar-refractivity contribution in [3.05, 3.63) is 83.8 Å². The molecule has 0 unspecified atom stereocenters. The number of aryl methyl sites for hydroxylation is 2. The van der Waals surface area contributed by atoms with Gasteiger partial charge in [-0.25, -0.2) is 4.98 Å². The standard InChI is InChI=1S/C26H27N5O2S/c1-16-8-9-19(12-24(16)34-4)26(32)30-22-7-5-6-18(10-22)17(2)33-23-11-20(13-28-25(23)27)21-14-29-31(3)15-21/h5-15,17H,1-4H3,(H2,27,28)(H,30,32)/t17-/m1/s1. The Bertz CT molecular complexity index is 1330. The fourth-order valence-electron chi connectivity index (χ4n) is 3.57. The van der Waals surface area contributed by atoms with Crippen LogP contribution >= 0.6 is 11.8 Å². The molecule has 174 valence electrons. The van der Waals surface area contributed by atoms with Crippen molar-refractivity contribution in [3.63, 3.8) is 0 Å². The number of nitrogens with one attached hydrogen (secondary N) is 1. The highest BCUT2D eigenvalue weighted by molar-refractivity contribution is 7.98. The molecule has 0 spiro atoms. The Morgan fingerprint density at radius 3 is 2.71 bits per heavy atom. The quantitative estimate of drug-likeness (QED) is 0.345. The van der Waals surface area contributed by atoms with Crippen molar-refractivity contribution in [1.29, 1.82) is 0 Å². The number of ether oxygens (including phenoxy) is 1. The fraction of sp³-hybridized carbons (Fsp3) is 0.192. The van der Waals surface area contributed by atoms with E-state index in [1.54, 1.807) is 28.8 Å². The molecule has 0 fully saturated rings. The van der Waals surface area contributed by atoms with Crippen molar-refractivity contribution < 1.29 is 9.53 Å². The molecule has 2 heterocycles. The second-order valence-corrected chi connectivity index (χ2v) is 8.88. The average molecular weight is 474 g/mol. The third-order valence-corrected chi connectivity index (χ3v) is 6.39. The molecular weight excluding hydrogens is 446 g/mol. The van der Waals surface area contributed by atoms with Gasteiger partial charge in [-0.15, -0.1) is 11.8 Å². The van der Waals surface area contributed by atoms with Crippen LogP contribution in [0, 0.1) is 6.92 Å². The zero-order chi connectivity index (χ0) is 24.2. The lowest BCUT2D eigenvalue weighted by Gasteiger charge is -2.18. The number of rotatable bonds is 7. The van der Waals surface area contributed by atoms with E-state index in [9.17, 15) is 4.79 Å². The highest BCUT2D eigenvalue weighted by atomic mass is 32.2. The molecule has 34 heavy (non-hydrogen) atoms. The summed E-state index contributed by atoms with van der Waals surface area (Å²) in [4.78, 5) is 18.2. The number of benzene rings is 2. The van der Waals surface area contributed by atoms with Crippen LogP contribution in [0.5, 0.6) is 5.75 Å². The van der Waals surface area contributed by atoms with Crippen molar-refractivity contribution in [1.82, 2.24) is 14.8 Å². The Labute approximate surface area is 203 Å². The second-order valence-electron chi connectivity index (χ2n) is 8.03. The van der Waals surface area contributed by atoms with Gasteiger partial charge in [0.1, 0.15) is 6.10 Å². The van der Waals surface area contributed by atoms with Crippen LogP contribution in [0.1, 0.15) is 34.5 Å². The summed E-state index contributed by atoms with van der Waals surface area (Å²) in [7, 11) is 1.86. The van der Waals surface area contributed by atoms with E-state index in [-0.39, 0.29) is 12.0 Å². The number of hydrogen-bond acceptors (Lipinski definition) is 6. The van der Waals surface area contributed by atoms with Crippen molar-refractivity contribution in [2.75, 3.05) is 17.3 Å². The normalized spacial score (nSPS) is 11.8. The molecule has 1 atom stereocenters. The number of nitrogens with zero attached hydrogens (tertiary/aromatic N) is 3. The van der Waals surface area contributed by atoms with Crippen LogP contribution in [-0.4, -0.2) is 26.9 Å². The van der Waals surface area contributed by atoms with E-state index >= 15 is 0 Å². The highest BCUT2D eigenvalue weighted by Crippen LogP contribution is 2.31. The smallest absolute Gasteiger partial charge is 0.255 e. The summed E-state index contributed by atoms with van der Waals surface area (Å²) in [6, 6.07) is 15.2. The molecule has 0 bridgehead atoms. The van der Waals surface area contributed by atoms with E-state index in [0.717, 1.165) is 27.1 Å². The van der Waals surface area contributed by atoms with Gasteiger partial charge in [0, 0.05) is 46.7 Å². The number of pyridine rings is 1. The van der Waals surface area contributed by atoms with Crippen molar-refractivity contribution in [2.24, 2.45) is 7.05 Å². The van der Waals surface area contributed by atoms with Crippen LogP contribution in [-0.2, 0) is 7.05 Å². The van der Waals surface area contributed by atoms with Crippen molar-refractivity contribution >= 4 is 29.2 Å². The largest absolute Gasteiger partial charge is 0.482 e. The number of carbonyl (C=O) groups excluding carboxylic acids is 1. The minimum absolute atomic E-state index is 0.154. The van der Waals surface area contributed by atoms with Crippen LogP contribution in [0.3, 0.4) is 0 Å². The Morgan fingerprint density at radius 2 is 1.97 bits per heavy atom. The molecule has 0 aliphatic rings. The van der Waals surface area contributed by atoms with E-state index < -0.39 is 0 Å². The lowest BCUT2D eigenvalue weighted by atomic mass is 10.1. The molecule has 2 aromatic heterocycles. The molecule has 0 aliphatic heterocycles. The number of anilines is 2. The third kappa shape index (κ3) is 5.23. The summed E-state index contributed by atoms with van der Waals surface area (Å²) < 4.78 is 7.89. The summed E-state index contributed by atoms with van der Waals surface area (Å²) in [5.74, 6) is 0.652. The summed E-state index contributed by atoms with van der Waals surface area (Å²) in [6.07, 6.45) is 7.07. The van der Waals surface area contributed by atoms with E-state index in [4.69, 9.17) is 10.5 Å². The zero-order valence-electron chi connectivity index (χ0n) is 19.6. The summed E-state index contributed by atoms with van der Waals surface area (Å²) in [5, 5.41) is 7.19. The first-order valence-electron chi connectivity index (χ1n) is 10.8. The Kier molecular flexibility index (Phi) is 6.88. The van der Waals surface area contributed by atoms with Gasteiger partial charge < -0.3 is 15.8 Å². The van der Waals surface area contributed by atoms with Gasteiger partial charge in [0.05, 0.1) is 6.20 Å². The molecule has 1 amide bonds. The van der Waals surface area contributed by atoms with Gasteiger partial charge in [-0.3, -0.25) is 9.48 Å². The minimum Gasteiger partial charge on any atom is -0.482 e. The lowest BCUT2D eigenvalue weighted by molar-refractivity contribution is 0.102.